The number of hydrogen-bond acceptors (Lipinski definition) is 5. The van der Waals surface area contributed by atoms with Crippen LogP contribution in [0.1, 0.15) is 10.5 Å². The van der Waals surface area contributed by atoms with Gasteiger partial charge in [-0.15, -0.1) is 0 Å². The van der Waals surface area contributed by atoms with E-state index in [0.717, 1.165) is 5.75 Å². The van der Waals surface area contributed by atoms with Crippen molar-refractivity contribution >= 4 is 5.91 Å². The molecule has 1 heterocycles. The number of carbonyl (C=O) groups is 1. The van der Waals surface area contributed by atoms with E-state index in [1.54, 1.807) is 43.5 Å². The SMILES string of the molecule is COc1ccc(Oc2ccccc2-c2n[nH]nc2C(N)=O)cc1. The van der Waals surface area contributed by atoms with Gasteiger partial charge in [0.05, 0.1) is 7.11 Å². The zero-order valence-corrected chi connectivity index (χ0v) is 12.3. The summed E-state index contributed by atoms with van der Waals surface area (Å²) in [4.78, 5) is 11.4. The highest BCUT2D eigenvalue weighted by Gasteiger charge is 2.18. The van der Waals surface area contributed by atoms with Gasteiger partial charge in [0, 0.05) is 5.56 Å². The zero-order chi connectivity index (χ0) is 16.2. The molecule has 0 fully saturated rings. The van der Waals surface area contributed by atoms with Gasteiger partial charge in [0.15, 0.2) is 5.69 Å². The molecule has 0 aliphatic heterocycles. The van der Waals surface area contributed by atoms with Gasteiger partial charge in [-0.2, -0.15) is 15.4 Å². The maximum atomic E-state index is 11.4. The number of ether oxygens (including phenoxy) is 2. The molecule has 3 aromatic rings. The Morgan fingerprint density at radius 1 is 1.04 bits per heavy atom. The number of H-pyrrole nitrogens is 1. The summed E-state index contributed by atoms with van der Waals surface area (Å²) in [6.45, 7) is 0. The highest BCUT2D eigenvalue weighted by atomic mass is 16.5. The lowest BCUT2D eigenvalue weighted by molar-refractivity contribution is 0.0996. The minimum Gasteiger partial charge on any atom is -0.497 e. The first-order valence-corrected chi connectivity index (χ1v) is 6.81. The molecule has 7 nitrogen and oxygen atoms in total. The van der Waals surface area contributed by atoms with Crippen molar-refractivity contribution in [2.45, 2.75) is 0 Å². The van der Waals surface area contributed by atoms with Crippen molar-refractivity contribution < 1.29 is 14.3 Å². The van der Waals surface area contributed by atoms with Crippen LogP contribution in [0.3, 0.4) is 0 Å². The van der Waals surface area contributed by atoms with E-state index in [1.165, 1.54) is 0 Å². The number of methoxy groups -OCH3 is 1. The monoisotopic (exact) mass is 310 g/mol. The van der Waals surface area contributed by atoms with Crippen LogP contribution in [0, 0.1) is 0 Å². The highest BCUT2D eigenvalue weighted by Crippen LogP contribution is 2.33. The molecule has 3 N–H and O–H groups in total. The summed E-state index contributed by atoms with van der Waals surface area (Å²) >= 11 is 0. The van der Waals surface area contributed by atoms with E-state index in [4.69, 9.17) is 15.2 Å². The van der Waals surface area contributed by atoms with Crippen LogP contribution in [0.25, 0.3) is 11.3 Å². The molecule has 2 aromatic carbocycles. The van der Waals surface area contributed by atoms with Gasteiger partial charge in [0.1, 0.15) is 22.9 Å². The second-order valence-electron chi connectivity index (χ2n) is 4.66. The first kappa shape index (κ1) is 14.6. The van der Waals surface area contributed by atoms with E-state index in [-0.39, 0.29) is 5.69 Å². The molecular weight excluding hydrogens is 296 g/mol. The van der Waals surface area contributed by atoms with Crippen LogP contribution in [0.5, 0.6) is 17.2 Å². The number of para-hydroxylation sites is 1. The number of hydrogen-bond donors (Lipinski definition) is 2. The number of carbonyl (C=O) groups excluding carboxylic acids is 1. The normalized spacial score (nSPS) is 10.3. The molecule has 0 saturated heterocycles. The van der Waals surface area contributed by atoms with E-state index in [9.17, 15) is 4.79 Å². The number of aromatic nitrogens is 3. The van der Waals surface area contributed by atoms with Gasteiger partial charge in [-0.05, 0) is 36.4 Å². The van der Waals surface area contributed by atoms with Gasteiger partial charge in [-0.3, -0.25) is 4.79 Å². The fraction of sp³-hybridized carbons (Fsp3) is 0.0625. The van der Waals surface area contributed by atoms with Crippen molar-refractivity contribution in [3.05, 3.63) is 54.2 Å². The minimum absolute atomic E-state index is 0.0655. The average molecular weight is 310 g/mol. The second kappa shape index (κ2) is 6.18. The molecule has 7 heteroatoms. The molecular formula is C16H14N4O3. The molecule has 0 aliphatic rings. The van der Waals surface area contributed by atoms with E-state index in [2.05, 4.69) is 15.4 Å². The van der Waals surface area contributed by atoms with Crippen molar-refractivity contribution in [2.24, 2.45) is 5.73 Å². The molecule has 0 radical (unpaired) electrons. The van der Waals surface area contributed by atoms with Crippen LogP contribution in [0.2, 0.25) is 0 Å². The Kier molecular flexibility index (Phi) is 3.92. The van der Waals surface area contributed by atoms with Crippen molar-refractivity contribution in [3.8, 4) is 28.5 Å². The fourth-order valence-electron chi connectivity index (χ4n) is 2.11. The Labute approximate surface area is 132 Å². The number of nitrogens with zero attached hydrogens (tertiary/aromatic N) is 2. The van der Waals surface area contributed by atoms with Crippen LogP contribution >= 0.6 is 0 Å². The lowest BCUT2D eigenvalue weighted by Gasteiger charge is -2.10. The summed E-state index contributed by atoms with van der Waals surface area (Å²) in [6, 6.07) is 14.4. The van der Waals surface area contributed by atoms with E-state index in [1.807, 2.05) is 12.1 Å². The number of aromatic amines is 1. The standard InChI is InChI=1S/C16H14N4O3/c1-22-10-6-8-11(9-7-10)23-13-5-3-2-4-12(13)14-15(16(17)21)19-20-18-14/h2-9H,1H3,(H2,17,21)(H,18,19,20). The van der Waals surface area contributed by atoms with Gasteiger partial charge in [-0.1, -0.05) is 12.1 Å². The first-order chi connectivity index (χ1) is 11.2. The third kappa shape index (κ3) is 2.98. The first-order valence-electron chi connectivity index (χ1n) is 6.81. The van der Waals surface area contributed by atoms with Crippen molar-refractivity contribution in [3.63, 3.8) is 0 Å². The lowest BCUT2D eigenvalue weighted by Crippen LogP contribution is -2.12. The van der Waals surface area contributed by atoms with E-state index < -0.39 is 5.91 Å². The number of nitrogens with two attached hydrogens (primary N) is 1. The molecule has 0 unspecified atom stereocenters. The minimum atomic E-state index is -0.659. The predicted molar refractivity (Wildman–Crippen MR) is 83.4 cm³/mol. The molecule has 1 amide bonds. The van der Waals surface area contributed by atoms with Gasteiger partial charge >= 0.3 is 0 Å². The maximum absolute atomic E-state index is 11.4. The second-order valence-corrected chi connectivity index (χ2v) is 4.66. The molecule has 1 aromatic heterocycles. The summed E-state index contributed by atoms with van der Waals surface area (Å²) in [5.41, 5.74) is 6.35. The number of amides is 1. The summed E-state index contributed by atoms with van der Waals surface area (Å²) in [7, 11) is 1.60. The Morgan fingerprint density at radius 2 is 1.74 bits per heavy atom. The van der Waals surface area contributed by atoms with Gasteiger partial charge in [0.2, 0.25) is 0 Å². The third-order valence-corrected chi connectivity index (χ3v) is 3.21. The van der Waals surface area contributed by atoms with Crippen molar-refractivity contribution in [1.29, 1.82) is 0 Å². The van der Waals surface area contributed by atoms with Gasteiger partial charge in [0.25, 0.3) is 5.91 Å². The Morgan fingerprint density at radius 3 is 2.43 bits per heavy atom. The quantitative estimate of drug-likeness (QED) is 0.753. The van der Waals surface area contributed by atoms with Crippen molar-refractivity contribution in [1.82, 2.24) is 15.4 Å². The summed E-state index contributed by atoms with van der Waals surface area (Å²) in [6.07, 6.45) is 0. The van der Waals surface area contributed by atoms with Crippen LogP contribution in [-0.4, -0.2) is 28.4 Å². The van der Waals surface area contributed by atoms with E-state index in [0.29, 0.717) is 22.8 Å². The van der Waals surface area contributed by atoms with Crippen molar-refractivity contribution in [2.75, 3.05) is 7.11 Å². The number of nitrogens with one attached hydrogen (secondary N) is 1. The summed E-state index contributed by atoms with van der Waals surface area (Å²) < 4.78 is 11.0. The largest absolute Gasteiger partial charge is 0.497 e. The topological polar surface area (TPSA) is 103 Å². The molecule has 23 heavy (non-hydrogen) atoms. The molecule has 0 saturated carbocycles. The molecule has 0 atom stereocenters. The van der Waals surface area contributed by atoms with Gasteiger partial charge in [-0.25, -0.2) is 0 Å². The maximum Gasteiger partial charge on any atom is 0.271 e. The Bertz CT molecular complexity index is 827. The van der Waals surface area contributed by atoms with Crippen LogP contribution in [-0.2, 0) is 0 Å². The van der Waals surface area contributed by atoms with Crippen LogP contribution < -0.4 is 15.2 Å². The molecule has 116 valence electrons. The molecule has 3 rings (SSSR count). The zero-order valence-electron chi connectivity index (χ0n) is 12.3. The number of benzene rings is 2. The Balaban J connectivity index is 1.97. The lowest BCUT2D eigenvalue weighted by atomic mass is 10.1. The molecule has 0 spiro atoms. The highest BCUT2D eigenvalue weighted by molar-refractivity contribution is 5.97. The molecule has 0 bridgehead atoms. The summed E-state index contributed by atoms with van der Waals surface area (Å²) in [5.74, 6) is 1.24. The van der Waals surface area contributed by atoms with Crippen LogP contribution in [0.4, 0.5) is 0 Å². The molecule has 0 aliphatic carbocycles. The Hall–Kier alpha value is -3.35. The predicted octanol–water partition coefficient (Wildman–Crippen LogP) is 2.37. The number of primary amides is 1. The van der Waals surface area contributed by atoms with E-state index >= 15 is 0 Å². The smallest absolute Gasteiger partial charge is 0.271 e. The summed E-state index contributed by atoms with van der Waals surface area (Å²) in [5, 5.41) is 10.2. The fourth-order valence-corrected chi connectivity index (χ4v) is 2.11. The average Bonchev–Trinajstić information content (AvgIpc) is 3.06. The van der Waals surface area contributed by atoms with Gasteiger partial charge < -0.3 is 15.2 Å². The number of rotatable bonds is 5. The third-order valence-electron chi connectivity index (χ3n) is 3.21. The van der Waals surface area contributed by atoms with Crippen LogP contribution in [0.15, 0.2) is 48.5 Å².